The molecule has 0 radical (unpaired) electrons. The van der Waals surface area contributed by atoms with Crippen molar-refractivity contribution in [3.63, 3.8) is 0 Å². The number of esters is 1. The molecule has 1 aromatic rings. The maximum Gasteiger partial charge on any atom is 0.309 e. The molecule has 1 fully saturated rings. The van der Waals surface area contributed by atoms with Gasteiger partial charge in [0.05, 0.1) is 19.6 Å². The van der Waals surface area contributed by atoms with E-state index in [1.54, 1.807) is 14.0 Å². The third-order valence-electron chi connectivity index (χ3n) is 4.02. The highest BCUT2D eigenvalue weighted by atomic mass is 16.5. The zero-order valence-corrected chi connectivity index (χ0v) is 12.6. The molecule has 0 heterocycles. The van der Waals surface area contributed by atoms with Crippen molar-refractivity contribution < 1.29 is 19.1 Å². The minimum Gasteiger partial charge on any atom is -0.497 e. The summed E-state index contributed by atoms with van der Waals surface area (Å²) < 4.78 is 10.3. The first kappa shape index (κ1) is 15.5. The summed E-state index contributed by atoms with van der Waals surface area (Å²) in [4.78, 5) is 24.3. The molecule has 1 aliphatic carbocycles. The van der Waals surface area contributed by atoms with Gasteiger partial charge in [-0.25, -0.2) is 0 Å². The first-order valence-corrected chi connectivity index (χ1v) is 7.48. The van der Waals surface area contributed by atoms with Gasteiger partial charge in [-0.2, -0.15) is 0 Å². The molecule has 4 heteroatoms. The number of rotatable bonds is 5. The molecule has 0 amide bonds. The van der Waals surface area contributed by atoms with E-state index >= 15 is 0 Å². The highest BCUT2D eigenvalue weighted by Crippen LogP contribution is 2.31. The van der Waals surface area contributed by atoms with Crippen LogP contribution < -0.4 is 4.74 Å². The van der Waals surface area contributed by atoms with E-state index < -0.39 is 0 Å². The van der Waals surface area contributed by atoms with Crippen molar-refractivity contribution in [1.82, 2.24) is 0 Å². The van der Waals surface area contributed by atoms with Crippen LogP contribution in [0.15, 0.2) is 24.3 Å². The highest BCUT2D eigenvalue weighted by molar-refractivity contribution is 5.88. The first-order chi connectivity index (χ1) is 10.2. The third kappa shape index (κ3) is 3.84. The van der Waals surface area contributed by atoms with Crippen LogP contribution in [0.2, 0.25) is 0 Å². The summed E-state index contributed by atoms with van der Waals surface area (Å²) in [5.74, 6) is 0.117. The van der Waals surface area contributed by atoms with Gasteiger partial charge in [-0.15, -0.1) is 0 Å². The van der Waals surface area contributed by atoms with Crippen molar-refractivity contribution in [1.29, 1.82) is 0 Å². The van der Waals surface area contributed by atoms with Crippen LogP contribution in [-0.4, -0.2) is 25.5 Å². The molecule has 2 rings (SSSR count). The Kier molecular flexibility index (Phi) is 5.37. The second-order valence-corrected chi connectivity index (χ2v) is 5.38. The predicted molar refractivity (Wildman–Crippen MR) is 79.2 cm³/mol. The van der Waals surface area contributed by atoms with Crippen LogP contribution in [0.4, 0.5) is 0 Å². The third-order valence-corrected chi connectivity index (χ3v) is 4.02. The maximum atomic E-state index is 12.2. The second kappa shape index (κ2) is 7.25. The molecule has 1 saturated carbocycles. The molecule has 21 heavy (non-hydrogen) atoms. The van der Waals surface area contributed by atoms with Crippen LogP contribution in [0.3, 0.4) is 0 Å². The van der Waals surface area contributed by atoms with E-state index in [1.165, 1.54) is 0 Å². The Labute approximate surface area is 125 Å². The van der Waals surface area contributed by atoms with E-state index in [1.807, 2.05) is 24.3 Å². The van der Waals surface area contributed by atoms with Crippen LogP contribution in [0.1, 0.15) is 31.7 Å². The summed E-state index contributed by atoms with van der Waals surface area (Å²) in [5.41, 5.74) is 1.02. The van der Waals surface area contributed by atoms with Crippen LogP contribution in [0, 0.1) is 11.8 Å². The summed E-state index contributed by atoms with van der Waals surface area (Å²) in [7, 11) is 1.62. The summed E-state index contributed by atoms with van der Waals surface area (Å²) >= 11 is 0. The Morgan fingerprint density at radius 3 is 2.90 bits per heavy atom. The molecular weight excluding hydrogens is 268 g/mol. The fourth-order valence-electron chi connectivity index (χ4n) is 2.95. The topological polar surface area (TPSA) is 52.6 Å². The van der Waals surface area contributed by atoms with Gasteiger partial charge in [-0.1, -0.05) is 12.1 Å². The Bertz CT molecular complexity index is 509. The molecule has 0 aliphatic heterocycles. The molecule has 0 N–H and O–H groups in total. The number of carbonyl (C=O) groups is 2. The molecule has 4 nitrogen and oxygen atoms in total. The summed E-state index contributed by atoms with van der Waals surface area (Å²) in [6.07, 6.45) is 2.64. The normalized spacial score (nSPS) is 21.9. The lowest BCUT2D eigenvalue weighted by atomic mass is 9.75. The molecule has 2 atom stereocenters. The number of hydrogen-bond acceptors (Lipinski definition) is 4. The van der Waals surface area contributed by atoms with Gasteiger partial charge in [0.1, 0.15) is 11.5 Å². The van der Waals surface area contributed by atoms with Crippen molar-refractivity contribution in [2.24, 2.45) is 11.8 Å². The van der Waals surface area contributed by atoms with Gasteiger partial charge >= 0.3 is 5.97 Å². The smallest absolute Gasteiger partial charge is 0.309 e. The van der Waals surface area contributed by atoms with E-state index in [2.05, 4.69) is 0 Å². The fraction of sp³-hybridized carbons (Fsp3) is 0.529. The van der Waals surface area contributed by atoms with E-state index in [-0.39, 0.29) is 23.6 Å². The number of benzene rings is 1. The first-order valence-electron chi connectivity index (χ1n) is 7.48. The zero-order valence-electron chi connectivity index (χ0n) is 12.6. The number of Topliss-reactive ketones (excluding diaryl/α,β-unsaturated/α-hetero) is 1. The van der Waals surface area contributed by atoms with Gasteiger partial charge in [0, 0.05) is 12.3 Å². The average Bonchev–Trinajstić information content (AvgIpc) is 2.49. The fourth-order valence-corrected chi connectivity index (χ4v) is 2.95. The van der Waals surface area contributed by atoms with Gasteiger partial charge in [0.2, 0.25) is 0 Å². The molecule has 0 aromatic heterocycles. The van der Waals surface area contributed by atoms with Crippen molar-refractivity contribution in [2.45, 2.75) is 32.6 Å². The minimum absolute atomic E-state index is 0.169. The number of hydrogen-bond donors (Lipinski definition) is 0. The van der Waals surface area contributed by atoms with E-state index in [0.717, 1.165) is 24.2 Å². The van der Waals surface area contributed by atoms with Gasteiger partial charge in [0.25, 0.3) is 0 Å². The van der Waals surface area contributed by atoms with Gasteiger partial charge in [-0.3, -0.25) is 9.59 Å². The Hall–Kier alpha value is -1.84. The number of ether oxygens (including phenoxy) is 2. The van der Waals surface area contributed by atoms with Gasteiger partial charge < -0.3 is 9.47 Å². The molecular formula is C17H22O4. The van der Waals surface area contributed by atoms with Crippen molar-refractivity contribution in [2.75, 3.05) is 13.7 Å². The van der Waals surface area contributed by atoms with Crippen molar-refractivity contribution in [3.8, 4) is 5.75 Å². The zero-order chi connectivity index (χ0) is 15.2. The van der Waals surface area contributed by atoms with Gasteiger partial charge in [-0.05, 0) is 43.9 Å². The predicted octanol–water partition coefficient (Wildman–Crippen LogP) is 2.79. The number of ketones is 1. The Morgan fingerprint density at radius 2 is 2.19 bits per heavy atom. The van der Waals surface area contributed by atoms with Crippen molar-refractivity contribution >= 4 is 11.8 Å². The number of carbonyl (C=O) groups excluding carboxylic acids is 2. The standard InChI is InChI=1S/C17H22O4/c1-3-21-17(19)14-8-5-9-16(18)15(14)11-12-6-4-7-13(10-12)20-2/h4,6-7,10,14-15H,3,5,8-9,11H2,1-2H3/t14-,15-/m0/s1. The largest absolute Gasteiger partial charge is 0.497 e. The molecule has 0 bridgehead atoms. The molecule has 0 spiro atoms. The lowest BCUT2D eigenvalue weighted by Gasteiger charge is -2.28. The Balaban J connectivity index is 2.16. The van der Waals surface area contributed by atoms with Gasteiger partial charge in [0.15, 0.2) is 0 Å². The van der Waals surface area contributed by atoms with Crippen LogP contribution in [0.25, 0.3) is 0 Å². The quantitative estimate of drug-likeness (QED) is 0.782. The summed E-state index contributed by atoms with van der Waals surface area (Å²) in [6, 6.07) is 7.66. The molecule has 0 saturated heterocycles. The van der Waals surface area contributed by atoms with Crippen LogP contribution in [-0.2, 0) is 20.7 Å². The highest BCUT2D eigenvalue weighted by Gasteiger charge is 2.37. The summed E-state index contributed by atoms with van der Waals surface area (Å²) in [6.45, 7) is 2.15. The van der Waals surface area contributed by atoms with Crippen molar-refractivity contribution in [3.05, 3.63) is 29.8 Å². The molecule has 114 valence electrons. The molecule has 1 aliphatic rings. The average molecular weight is 290 g/mol. The Morgan fingerprint density at radius 1 is 1.38 bits per heavy atom. The van der Waals surface area contributed by atoms with E-state index in [4.69, 9.17) is 9.47 Å². The van der Waals surface area contributed by atoms with Crippen LogP contribution in [0.5, 0.6) is 5.75 Å². The minimum atomic E-state index is -0.308. The second-order valence-electron chi connectivity index (χ2n) is 5.38. The maximum absolute atomic E-state index is 12.2. The van der Waals surface area contributed by atoms with E-state index in [9.17, 15) is 9.59 Å². The monoisotopic (exact) mass is 290 g/mol. The van der Waals surface area contributed by atoms with E-state index in [0.29, 0.717) is 19.4 Å². The molecule has 0 unspecified atom stereocenters. The SMILES string of the molecule is CCOC(=O)[C@H]1CCCC(=O)[C@H]1Cc1cccc(OC)c1. The lowest BCUT2D eigenvalue weighted by molar-refractivity contribution is -0.154. The van der Waals surface area contributed by atoms with Crippen LogP contribution >= 0.6 is 0 Å². The molecule has 1 aromatic carbocycles. The lowest BCUT2D eigenvalue weighted by Crippen LogP contribution is -2.36. The summed E-state index contributed by atoms with van der Waals surface area (Å²) in [5, 5.41) is 0. The number of methoxy groups -OCH3 is 1.